The zero-order chi connectivity index (χ0) is 41.5. The molecular formula is C45H76NO11+. The van der Waals surface area contributed by atoms with Crippen molar-refractivity contribution in [2.75, 3.05) is 0 Å². The number of hydrogen-bond donors (Lipinski definition) is 1. The Morgan fingerprint density at radius 1 is 0.772 bits per heavy atom. The van der Waals surface area contributed by atoms with E-state index in [4.69, 9.17) is 42.6 Å². The molecule has 1 aromatic rings. The van der Waals surface area contributed by atoms with Crippen molar-refractivity contribution < 1.29 is 57.1 Å². The van der Waals surface area contributed by atoms with Gasteiger partial charge in [-0.3, -0.25) is 4.79 Å². The van der Waals surface area contributed by atoms with Crippen molar-refractivity contribution in [2.45, 2.75) is 232 Å². The fraction of sp³-hybridized carbons (Fsp3) is 0.867. The molecule has 4 saturated heterocycles. The maximum absolute atomic E-state index is 11.8. The lowest BCUT2D eigenvalue weighted by Crippen LogP contribution is -2.48. The highest BCUT2D eigenvalue weighted by molar-refractivity contribution is 5.66. The van der Waals surface area contributed by atoms with Crippen molar-refractivity contribution in [1.82, 2.24) is 0 Å². The Hall–Kier alpha value is -1.74. The fourth-order valence-electron chi connectivity index (χ4n) is 8.71. The van der Waals surface area contributed by atoms with Crippen LogP contribution in [0.2, 0.25) is 0 Å². The smallest absolute Gasteiger partial charge is 0.302 e. The molecule has 0 saturated carbocycles. The van der Waals surface area contributed by atoms with Gasteiger partial charge in [0, 0.05) is 76.0 Å². The van der Waals surface area contributed by atoms with Crippen molar-refractivity contribution in [3.05, 3.63) is 30.1 Å². The second kappa shape index (κ2) is 20.7. The molecule has 0 spiro atoms. The minimum absolute atomic E-state index is 0.0137. The standard InChI is InChI=1S/C45H76NO11/c1-12-32-21-36(53-41(52-32)14-13-15-42-56-39(44(5,6)7)27-40(57-42)45(8,9)10)25-38-26-37(54-43(55-38)31-16-18-46(11)19-17-31)24-35-23-34(50-30(4)51-35)22-33(20-28(2)47)49-29(3)48/h16-19,28,30,32-43,47H,12-15,20-27H2,1-11H3/q+1. The number of hydrogen-bond acceptors (Lipinski definition) is 11. The summed E-state index contributed by atoms with van der Waals surface area (Å²) in [5, 5.41) is 10.0. The number of aliphatic hydroxyl groups excluding tert-OH is 1. The number of aromatic nitrogens is 1. The number of rotatable bonds is 15. The highest BCUT2D eigenvalue weighted by Crippen LogP contribution is 2.40. The van der Waals surface area contributed by atoms with Crippen molar-refractivity contribution in [1.29, 1.82) is 0 Å². The summed E-state index contributed by atoms with van der Waals surface area (Å²) >= 11 is 0. The van der Waals surface area contributed by atoms with E-state index in [0.29, 0.717) is 32.1 Å². The van der Waals surface area contributed by atoms with E-state index in [1.807, 2.05) is 43.1 Å². The average Bonchev–Trinajstić information content (AvgIpc) is 3.10. The van der Waals surface area contributed by atoms with Crippen molar-refractivity contribution >= 4 is 5.97 Å². The molecule has 0 aliphatic carbocycles. The molecule has 0 radical (unpaired) electrons. The fourth-order valence-corrected chi connectivity index (χ4v) is 8.71. The first kappa shape index (κ1) is 46.3. The Morgan fingerprint density at radius 2 is 1.26 bits per heavy atom. The minimum Gasteiger partial charge on any atom is -0.462 e. The van der Waals surface area contributed by atoms with Gasteiger partial charge in [-0.05, 0) is 50.4 Å². The highest BCUT2D eigenvalue weighted by atomic mass is 16.7. The number of ether oxygens (including phenoxy) is 9. The maximum atomic E-state index is 11.8. The molecule has 1 N–H and O–H groups in total. The van der Waals surface area contributed by atoms with E-state index in [1.165, 1.54) is 6.92 Å². The van der Waals surface area contributed by atoms with Gasteiger partial charge in [0.25, 0.3) is 0 Å². The summed E-state index contributed by atoms with van der Waals surface area (Å²) in [7, 11) is 1.99. The van der Waals surface area contributed by atoms with Crippen LogP contribution in [0.25, 0.3) is 0 Å². The summed E-state index contributed by atoms with van der Waals surface area (Å²) in [6.07, 6.45) is 10.0. The molecule has 12 nitrogen and oxygen atoms in total. The van der Waals surface area contributed by atoms with E-state index < -0.39 is 24.8 Å². The largest absolute Gasteiger partial charge is 0.462 e. The Morgan fingerprint density at radius 3 is 1.81 bits per heavy atom. The van der Waals surface area contributed by atoms with Crippen LogP contribution < -0.4 is 4.57 Å². The summed E-state index contributed by atoms with van der Waals surface area (Å²) < 4.78 is 59.6. The van der Waals surface area contributed by atoms with Crippen LogP contribution in [0.15, 0.2) is 24.5 Å². The molecule has 13 unspecified atom stereocenters. The summed E-state index contributed by atoms with van der Waals surface area (Å²) in [6, 6.07) is 4.09. The summed E-state index contributed by atoms with van der Waals surface area (Å²) in [5.74, 6) is -0.364. The van der Waals surface area contributed by atoms with Gasteiger partial charge in [0.15, 0.2) is 37.6 Å². The Kier molecular flexibility index (Phi) is 16.8. The lowest BCUT2D eigenvalue weighted by atomic mass is 9.78. The SMILES string of the molecule is CCC1CC(CC2CC(CC3CC(CC(CC(C)O)OC(C)=O)OC(C)O3)OC(c3cc[n+](C)cc3)O2)OC(CCCC2OC(C(C)(C)C)CC(C(C)(C)C)O2)O1. The zero-order valence-electron chi connectivity index (χ0n) is 36.9. The molecule has 0 amide bonds. The first-order valence-electron chi connectivity index (χ1n) is 21.9. The number of carbonyl (C=O) groups is 1. The lowest BCUT2D eigenvalue weighted by Gasteiger charge is -2.45. The van der Waals surface area contributed by atoms with Crippen LogP contribution in [-0.2, 0) is 54.5 Å². The number of esters is 1. The van der Waals surface area contributed by atoms with Gasteiger partial charge in [-0.25, -0.2) is 4.57 Å². The number of nitrogens with zero attached hydrogens (tertiary/aromatic N) is 1. The van der Waals surface area contributed by atoms with E-state index in [0.717, 1.165) is 50.5 Å². The Bertz CT molecular complexity index is 1340. The molecule has 12 heteroatoms. The van der Waals surface area contributed by atoms with Gasteiger partial charge < -0.3 is 47.7 Å². The van der Waals surface area contributed by atoms with E-state index in [2.05, 4.69) is 48.5 Å². The lowest BCUT2D eigenvalue weighted by molar-refractivity contribution is -0.671. The molecule has 5 rings (SSSR count). The molecule has 4 aliphatic heterocycles. The van der Waals surface area contributed by atoms with Crippen LogP contribution in [0, 0.1) is 10.8 Å². The molecule has 57 heavy (non-hydrogen) atoms. The van der Waals surface area contributed by atoms with E-state index >= 15 is 0 Å². The highest BCUT2D eigenvalue weighted by Gasteiger charge is 2.42. The second-order valence-corrected chi connectivity index (χ2v) is 19.4. The van der Waals surface area contributed by atoms with Gasteiger partial charge >= 0.3 is 5.97 Å². The quantitative estimate of drug-likeness (QED) is 0.138. The first-order chi connectivity index (χ1) is 26.8. The van der Waals surface area contributed by atoms with Crippen molar-refractivity contribution in [3.63, 3.8) is 0 Å². The molecule has 13 atom stereocenters. The van der Waals surface area contributed by atoms with Gasteiger partial charge in [0.1, 0.15) is 13.2 Å². The Labute approximate surface area is 342 Å². The number of pyridine rings is 1. The summed E-state index contributed by atoms with van der Waals surface area (Å²) in [4.78, 5) is 11.8. The van der Waals surface area contributed by atoms with E-state index in [9.17, 15) is 9.90 Å². The van der Waals surface area contributed by atoms with Crippen LogP contribution in [0.5, 0.6) is 0 Å². The monoisotopic (exact) mass is 807 g/mol. The second-order valence-electron chi connectivity index (χ2n) is 19.4. The molecule has 5 heterocycles. The predicted molar refractivity (Wildman–Crippen MR) is 214 cm³/mol. The molecule has 4 fully saturated rings. The third-order valence-electron chi connectivity index (χ3n) is 11.8. The molecule has 0 bridgehead atoms. The topological polar surface area (TPSA) is 124 Å². The normalized spacial score (nSPS) is 35.4. The van der Waals surface area contributed by atoms with Gasteiger partial charge in [-0.1, -0.05) is 48.5 Å². The first-order valence-corrected chi connectivity index (χ1v) is 21.9. The summed E-state index contributed by atoms with van der Waals surface area (Å²) in [5.41, 5.74) is 1.05. The zero-order valence-corrected chi connectivity index (χ0v) is 36.9. The molecule has 0 aromatic carbocycles. The maximum Gasteiger partial charge on any atom is 0.302 e. The van der Waals surface area contributed by atoms with Crippen molar-refractivity contribution in [2.24, 2.45) is 17.9 Å². The number of aryl methyl sites for hydroxylation is 1. The van der Waals surface area contributed by atoms with E-state index in [1.54, 1.807) is 6.92 Å². The molecule has 4 aliphatic rings. The summed E-state index contributed by atoms with van der Waals surface area (Å²) in [6.45, 7) is 20.7. The van der Waals surface area contributed by atoms with Gasteiger partial charge in [-0.2, -0.15) is 0 Å². The Balaban J connectivity index is 1.21. The van der Waals surface area contributed by atoms with Crippen LogP contribution in [0.3, 0.4) is 0 Å². The number of aliphatic hydroxyl groups is 1. The third kappa shape index (κ3) is 14.7. The molecule has 326 valence electrons. The van der Waals surface area contributed by atoms with Crippen LogP contribution in [0.4, 0.5) is 0 Å². The molecule has 1 aromatic heterocycles. The van der Waals surface area contributed by atoms with Gasteiger partial charge in [0.2, 0.25) is 0 Å². The van der Waals surface area contributed by atoms with Gasteiger partial charge in [0.05, 0.1) is 54.9 Å². The number of carbonyl (C=O) groups excluding carboxylic acids is 1. The van der Waals surface area contributed by atoms with Gasteiger partial charge in [-0.15, -0.1) is 0 Å². The van der Waals surface area contributed by atoms with Crippen LogP contribution in [-0.4, -0.2) is 91.0 Å². The van der Waals surface area contributed by atoms with Crippen molar-refractivity contribution in [3.8, 4) is 0 Å². The molecular weight excluding hydrogens is 730 g/mol. The predicted octanol–water partition coefficient (Wildman–Crippen LogP) is 7.75. The third-order valence-corrected chi connectivity index (χ3v) is 11.8. The van der Waals surface area contributed by atoms with Crippen LogP contribution >= 0.6 is 0 Å². The minimum atomic E-state index is -0.594. The van der Waals surface area contributed by atoms with Crippen LogP contribution in [0.1, 0.15) is 158 Å². The average molecular weight is 807 g/mol. The van der Waals surface area contributed by atoms with E-state index in [-0.39, 0.29) is 78.2 Å².